The van der Waals surface area contributed by atoms with Gasteiger partial charge in [0.05, 0.1) is 18.8 Å². The van der Waals surface area contributed by atoms with Crippen LogP contribution >= 0.6 is 0 Å². The fraction of sp³-hybridized carbons (Fsp3) is 0.862. The van der Waals surface area contributed by atoms with Crippen LogP contribution in [0.1, 0.15) is 341 Å². The third-order valence-corrected chi connectivity index (χ3v) is 14.5. The monoisotopic (exact) mass is 966 g/mol. The van der Waals surface area contributed by atoms with E-state index >= 15 is 0 Å². The van der Waals surface area contributed by atoms with Gasteiger partial charge in [0.1, 0.15) is 0 Å². The Morgan fingerprint density at radius 1 is 0.348 bits per heavy atom. The van der Waals surface area contributed by atoms with Crippen molar-refractivity contribution < 1.29 is 15.0 Å². The minimum absolute atomic E-state index is 0.0689. The summed E-state index contributed by atoms with van der Waals surface area (Å²) in [5, 5.41) is 23.2. The van der Waals surface area contributed by atoms with E-state index in [0.717, 1.165) is 38.5 Å². The van der Waals surface area contributed by atoms with E-state index < -0.39 is 12.1 Å². The number of allylic oxidation sites excluding steroid dienone is 7. The molecule has 0 bridgehead atoms. The van der Waals surface area contributed by atoms with Crippen molar-refractivity contribution >= 4 is 5.91 Å². The molecular formula is C65H123NO3. The van der Waals surface area contributed by atoms with Gasteiger partial charge in [-0.3, -0.25) is 4.79 Å². The van der Waals surface area contributed by atoms with E-state index in [-0.39, 0.29) is 12.5 Å². The van der Waals surface area contributed by atoms with Crippen LogP contribution in [0, 0.1) is 0 Å². The first-order valence-corrected chi connectivity index (χ1v) is 31.4. The van der Waals surface area contributed by atoms with Crippen molar-refractivity contribution in [2.24, 2.45) is 0 Å². The number of aliphatic hydroxyl groups excluding tert-OH is 2. The number of hydrogen-bond acceptors (Lipinski definition) is 3. The molecule has 4 heteroatoms. The Morgan fingerprint density at radius 3 is 0.928 bits per heavy atom. The lowest BCUT2D eigenvalue weighted by atomic mass is 10.0. The summed E-state index contributed by atoms with van der Waals surface area (Å²) in [6, 6.07) is -0.640. The van der Waals surface area contributed by atoms with E-state index in [9.17, 15) is 15.0 Å². The second-order valence-electron chi connectivity index (χ2n) is 21.5. The Hall–Kier alpha value is -1.65. The van der Waals surface area contributed by atoms with Crippen LogP contribution in [0.2, 0.25) is 0 Å². The Bertz CT molecular complexity index is 1090. The molecule has 0 aliphatic rings. The van der Waals surface area contributed by atoms with E-state index in [4.69, 9.17) is 0 Å². The molecule has 0 spiro atoms. The summed E-state index contributed by atoms with van der Waals surface area (Å²) < 4.78 is 0. The van der Waals surface area contributed by atoms with E-state index in [2.05, 4.69) is 55.6 Å². The molecular weight excluding hydrogens is 843 g/mol. The molecule has 0 aromatic heterocycles. The number of nitrogens with one attached hydrogen (secondary N) is 1. The molecule has 0 aliphatic heterocycles. The standard InChI is InChI=1S/C65H123NO3/c1-3-5-7-9-11-13-15-17-19-21-23-25-27-29-30-31-32-33-34-35-36-37-39-41-43-45-47-49-51-53-55-57-59-61-65(69)66-63(62-67)64(68)60-58-56-54-52-50-48-46-44-42-40-38-28-26-24-22-20-18-16-14-12-10-8-6-4-2/h23,25,29-30,50,52,58,60,63-64,67-68H,3-22,24,26-28,31-49,51,53-57,59,61-62H2,1-2H3,(H,66,69)/b25-23-,30-29-,52-50+,60-58+. The average molecular weight is 967 g/mol. The van der Waals surface area contributed by atoms with E-state index in [0.29, 0.717) is 6.42 Å². The highest BCUT2D eigenvalue weighted by molar-refractivity contribution is 5.76. The van der Waals surface area contributed by atoms with E-state index in [1.54, 1.807) is 6.08 Å². The fourth-order valence-corrected chi connectivity index (χ4v) is 9.76. The van der Waals surface area contributed by atoms with Crippen LogP contribution in [0.25, 0.3) is 0 Å². The summed E-state index contributed by atoms with van der Waals surface area (Å²) in [5.74, 6) is -0.0689. The smallest absolute Gasteiger partial charge is 0.220 e. The molecule has 0 saturated carbocycles. The third kappa shape index (κ3) is 57.1. The molecule has 0 fully saturated rings. The maximum atomic E-state index is 12.5. The number of hydrogen-bond donors (Lipinski definition) is 3. The van der Waals surface area contributed by atoms with Crippen molar-refractivity contribution in [2.45, 2.75) is 353 Å². The van der Waals surface area contributed by atoms with Crippen LogP contribution in [0.4, 0.5) is 0 Å². The molecule has 0 radical (unpaired) electrons. The van der Waals surface area contributed by atoms with Gasteiger partial charge in [-0.05, 0) is 64.2 Å². The summed E-state index contributed by atoms with van der Waals surface area (Å²) >= 11 is 0. The van der Waals surface area contributed by atoms with Gasteiger partial charge in [0, 0.05) is 6.42 Å². The predicted octanol–water partition coefficient (Wildman–Crippen LogP) is 21.0. The number of amides is 1. The van der Waals surface area contributed by atoms with Crippen molar-refractivity contribution in [2.75, 3.05) is 6.61 Å². The SMILES string of the molecule is CCCCCCCCCCC/C=C\C/C=C\CCCCCCCCCCCCCCCCCCCC(=O)NC(CO)C(O)/C=C/CC/C=C/CCCCCCCCCCCCCCCCCCCC. The van der Waals surface area contributed by atoms with Gasteiger partial charge in [-0.15, -0.1) is 0 Å². The first kappa shape index (κ1) is 67.3. The summed E-state index contributed by atoms with van der Waals surface area (Å²) in [6.07, 6.45) is 84.5. The van der Waals surface area contributed by atoms with Crippen LogP contribution in [-0.4, -0.2) is 34.9 Å². The highest BCUT2D eigenvalue weighted by Crippen LogP contribution is 2.17. The van der Waals surface area contributed by atoms with Crippen LogP contribution in [0.5, 0.6) is 0 Å². The molecule has 0 saturated heterocycles. The highest BCUT2D eigenvalue weighted by atomic mass is 16.3. The molecule has 2 unspecified atom stereocenters. The molecule has 0 aromatic carbocycles. The number of carbonyl (C=O) groups excluding carboxylic acids is 1. The minimum Gasteiger partial charge on any atom is -0.394 e. The van der Waals surface area contributed by atoms with Gasteiger partial charge in [-0.25, -0.2) is 0 Å². The number of unbranched alkanes of at least 4 members (excludes halogenated alkanes) is 45. The van der Waals surface area contributed by atoms with Gasteiger partial charge in [0.25, 0.3) is 0 Å². The molecule has 0 heterocycles. The predicted molar refractivity (Wildman–Crippen MR) is 308 cm³/mol. The lowest BCUT2D eigenvalue weighted by molar-refractivity contribution is -0.123. The van der Waals surface area contributed by atoms with Crippen LogP contribution < -0.4 is 5.32 Å². The van der Waals surface area contributed by atoms with Crippen LogP contribution in [0.15, 0.2) is 48.6 Å². The second-order valence-corrected chi connectivity index (χ2v) is 21.5. The molecule has 69 heavy (non-hydrogen) atoms. The Balaban J connectivity index is 3.48. The highest BCUT2D eigenvalue weighted by Gasteiger charge is 2.18. The van der Waals surface area contributed by atoms with Gasteiger partial charge in [0.2, 0.25) is 5.91 Å². The van der Waals surface area contributed by atoms with Gasteiger partial charge < -0.3 is 15.5 Å². The zero-order valence-corrected chi connectivity index (χ0v) is 46.8. The largest absolute Gasteiger partial charge is 0.394 e. The maximum Gasteiger partial charge on any atom is 0.220 e. The quantitative estimate of drug-likeness (QED) is 0.0420. The first-order valence-electron chi connectivity index (χ1n) is 31.4. The zero-order chi connectivity index (χ0) is 49.9. The number of carbonyl (C=O) groups is 1. The van der Waals surface area contributed by atoms with E-state index in [1.807, 2.05) is 6.08 Å². The molecule has 1 amide bonds. The summed E-state index contributed by atoms with van der Waals surface area (Å²) in [6.45, 7) is 4.33. The molecule has 0 aromatic rings. The van der Waals surface area contributed by atoms with Crippen molar-refractivity contribution in [3.05, 3.63) is 48.6 Å². The summed E-state index contributed by atoms with van der Waals surface area (Å²) in [4.78, 5) is 12.5. The maximum absolute atomic E-state index is 12.5. The van der Waals surface area contributed by atoms with Gasteiger partial charge in [-0.2, -0.15) is 0 Å². The Labute approximate surface area is 433 Å². The molecule has 2 atom stereocenters. The first-order chi connectivity index (χ1) is 34.2. The molecule has 406 valence electrons. The van der Waals surface area contributed by atoms with Gasteiger partial charge in [-0.1, -0.05) is 319 Å². The van der Waals surface area contributed by atoms with Crippen LogP contribution in [-0.2, 0) is 4.79 Å². The molecule has 4 nitrogen and oxygen atoms in total. The van der Waals surface area contributed by atoms with Crippen molar-refractivity contribution in [1.29, 1.82) is 0 Å². The summed E-state index contributed by atoms with van der Waals surface area (Å²) in [7, 11) is 0. The zero-order valence-electron chi connectivity index (χ0n) is 46.8. The van der Waals surface area contributed by atoms with Crippen LogP contribution in [0.3, 0.4) is 0 Å². The van der Waals surface area contributed by atoms with Gasteiger partial charge >= 0.3 is 0 Å². The van der Waals surface area contributed by atoms with Crippen molar-refractivity contribution in [3.63, 3.8) is 0 Å². The minimum atomic E-state index is -0.863. The molecule has 3 N–H and O–H groups in total. The topological polar surface area (TPSA) is 69.6 Å². The Morgan fingerprint density at radius 2 is 0.609 bits per heavy atom. The lowest BCUT2D eigenvalue weighted by Gasteiger charge is -2.19. The lowest BCUT2D eigenvalue weighted by Crippen LogP contribution is -2.45. The Kier molecular flexibility index (Phi) is 59.2. The second kappa shape index (κ2) is 60.7. The normalized spacial score (nSPS) is 13.0. The van der Waals surface area contributed by atoms with Crippen molar-refractivity contribution in [3.8, 4) is 0 Å². The fourth-order valence-electron chi connectivity index (χ4n) is 9.76. The van der Waals surface area contributed by atoms with Gasteiger partial charge in [0.15, 0.2) is 0 Å². The number of aliphatic hydroxyl groups is 2. The van der Waals surface area contributed by atoms with Crippen molar-refractivity contribution in [1.82, 2.24) is 5.32 Å². The molecule has 0 rings (SSSR count). The summed E-state index contributed by atoms with van der Waals surface area (Å²) in [5.41, 5.74) is 0. The third-order valence-electron chi connectivity index (χ3n) is 14.5. The molecule has 0 aliphatic carbocycles. The van der Waals surface area contributed by atoms with E-state index in [1.165, 1.54) is 283 Å². The average Bonchev–Trinajstić information content (AvgIpc) is 3.35. The number of rotatable bonds is 58.